The zero-order chi connectivity index (χ0) is 28.3. The summed E-state index contributed by atoms with van der Waals surface area (Å²) in [4.78, 5) is 0. The second kappa shape index (κ2) is 11.5. The van der Waals surface area contributed by atoms with Crippen LogP contribution in [0.2, 0.25) is 0 Å². The first-order valence-electron chi connectivity index (χ1n) is 13.1. The zero-order valence-corrected chi connectivity index (χ0v) is 23.5. The van der Waals surface area contributed by atoms with Crippen molar-refractivity contribution in [1.29, 1.82) is 0 Å². The summed E-state index contributed by atoms with van der Waals surface area (Å²) in [6.45, 7) is 2.84. The number of benzene rings is 4. The standard InChI is InChI=1S/C32H32O7S/c1-21-17-27(24-11-14-26(15-12-24)39-40(3,34)35)32(38-20-23-9-10-23)31(33)30(21)25-13-16-28(29(18-25)36-2)37-19-22-7-5-4-6-8-22/h4-8,11-18,23,33H,9-10,19-20H2,1-3H3. The van der Waals surface area contributed by atoms with E-state index in [1.807, 2.05) is 61.5 Å². The molecule has 0 aromatic heterocycles. The molecule has 1 N–H and O–H groups in total. The number of aromatic hydroxyl groups is 1. The Bertz CT molecular complexity index is 1590. The number of aryl methyl sites for hydroxylation is 1. The van der Waals surface area contributed by atoms with Gasteiger partial charge in [-0.25, -0.2) is 0 Å². The summed E-state index contributed by atoms with van der Waals surface area (Å²) in [6.07, 6.45) is 3.21. The van der Waals surface area contributed by atoms with E-state index in [4.69, 9.17) is 18.4 Å². The molecule has 1 fully saturated rings. The molecule has 0 radical (unpaired) electrons. The number of rotatable bonds is 11. The Morgan fingerprint density at radius 3 is 2.23 bits per heavy atom. The van der Waals surface area contributed by atoms with Gasteiger partial charge in [0, 0.05) is 11.1 Å². The number of hydrogen-bond donors (Lipinski definition) is 1. The Morgan fingerprint density at radius 2 is 1.57 bits per heavy atom. The number of phenols is 1. The third-order valence-corrected chi connectivity index (χ3v) is 7.21. The normalized spacial score (nSPS) is 13.1. The Morgan fingerprint density at radius 1 is 0.875 bits per heavy atom. The van der Waals surface area contributed by atoms with Crippen LogP contribution < -0.4 is 18.4 Å². The van der Waals surface area contributed by atoms with Gasteiger partial charge in [-0.3, -0.25) is 0 Å². The van der Waals surface area contributed by atoms with Gasteiger partial charge in [0.15, 0.2) is 23.0 Å². The van der Waals surface area contributed by atoms with E-state index in [0.717, 1.165) is 41.4 Å². The van der Waals surface area contributed by atoms with Gasteiger partial charge in [0.1, 0.15) is 12.4 Å². The molecular weight excluding hydrogens is 528 g/mol. The van der Waals surface area contributed by atoms with Crippen molar-refractivity contribution in [2.75, 3.05) is 20.0 Å². The SMILES string of the molecule is COc1cc(-c2c(C)cc(-c3ccc(OS(C)(=O)=O)cc3)c(OCC3CC3)c2O)ccc1OCc1ccccc1. The van der Waals surface area contributed by atoms with Crippen LogP contribution in [0.5, 0.6) is 28.7 Å². The lowest BCUT2D eigenvalue weighted by atomic mass is 9.93. The molecule has 0 heterocycles. The Kier molecular flexibility index (Phi) is 7.89. The summed E-state index contributed by atoms with van der Waals surface area (Å²) < 4.78 is 45.8. The van der Waals surface area contributed by atoms with Crippen LogP contribution >= 0.6 is 0 Å². The van der Waals surface area contributed by atoms with Crippen LogP contribution in [0.3, 0.4) is 0 Å². The van der Waals surface area contributed by atoms with E-state index in [0.29, 0.717) is 47.5 Å². The molecule has 0 bridgehead atoms. The number of hydrogen-bond acceptors (Lipinski definition) is 7. The minimum Gasteiger partial charge on any atom is -0.504 e. The van der Waals surface area contributed by atoms with E-state index >= 15 is 0 Å². The van der Waals surface area contributed by atoms with Gasteiger partial charge >= 0.3 is 10.1 Å². The van der Waals surface area contributed by atoms with Crippen LogP contribution in [0, 0.1) is 12.8 Å². The molecule has 4 aromatic rings. The van der Waals surface area contributed by atoms with Gasteiger partial charge in [-0.15, -0.1) is 0 Å². The maximum atomic E-state index is 11.6. The second-order valence-corrected chi connectivity index (χ2v) is 11.6. The van der Waals surface area contributed by atoms with Gasteiger partial charge in [0.2, 0.25) is 0 Å². The average Bonchev–Trinajstić information content (AvgIpc) is 3.76. The van der Waals surface area contributed by atoms with Crippen LogP contribution in [0.4, 0.5) is 0 Å². The average molecular weight is 561 g/mol. The van der Waals surface area contributed by atoms with Crippen molar-refractivity contribution in [2.45, 2.75) is 26.4 Å². The van der Waals surface area contributed by atoms with Crippen LogP contribution in [0.15, 0.2) is 78.9 Å². The van der Waals surface area contributed by atoms with Crippen molar-refractivity contribution in [3.8, 4) is 51.0 Å². The highest BCUT2D eigenvalue weighted by atomic mass is 32.2. The summed E-state index contributed by atoms with van der Waals surface area (Å²) in [7, 11) is -2.05. The summed E-state index contributed by atoms with van der Waals surface area (Å²) in [5.74, 6) is 2.26. The fourth-order valence-corrected chi connectivity index (χ4v) is 5.00. The molecule has 1 aliphatic carbocycles. The third kappa shape index (κ3) is 6.51. The molecule has 0 unspecified atom stereocenters. The van der Waals surface area contributed by atoms with Gasteiger partial charge < -0.3 is 23.5 Å². The maximum Gasteiger partial charge on any atom is 0.306 e. The van der Waals surface area contributed by atoms with Crippen molar-refractivity contribution >= 4 is 10.1 Å². The van der Waals surface area contributed by atoms with E-state index in [2.05, 4.69) is 0 Å². The first kappa shape index (κ1) is 27.4. The van der Waals surface area contributed by atoms with E-state index < -0.39 is 10.1 Å². The lowest BCUT2D eigenvalue weighted by Gasteiger charge is -2.20. The van der Waals surface area contributed by atoms with E-state index in [9.17, 15) is 13.5 Å². The molecule has 7 nitrogen and oxygen atoms in total. The largest absolute Gasteiger partial charge is 0.504 e. The maximum absolute atomic E-state index is 11.6. The third-order valence-electron chi connectivity index (χ3n) is 6.71. The van der Waals surface area contributed by atoms with E-state index in [1.54, 1.807) is 31.4 Å². The first-order valence-corrected chi connectivity index (χ1v) is 14.9. The smallest absolute Gasteiger partial charge is 0.306 e. The summed E-state index contributed by atoms with van der Waals surface area (Å²) in [5, 5.41) is 11.6. The summed E-state index contributed by atoms with van der Waals surface area (Å²) >= 11 is 0. The molecule has 1 aliphatic rings. The molecule has 0 aliphatic heterocycles. The lowest BCUT2D eigenvalue weighted by molar-refractivity contribution is 0.284. The molecule has 8 heteroatoms. The number of ether oxygens (including phenoxy) is 3. The molecular formula is C32H32O7S. The predicted molar refractivity (Wildman–Crippen MR) is 155 cm³/mol. The lowest BCUT2D eigenvalue weighted by Crippen LogP contribution is -2.05. The van der Waals surface area contributed by atoms with Gasteiger partial charge in [-0.2, -0.15) is 8.42 Å². The Labute approximate surface area is 235 Å². The fourth-order valence-electron chi connectivity index (χ4n) is 4.54. The molecule has 208 valence electrons. The zero-order valence-electron chi connectivity index (χ0n) is 22.7. The monoisotopic (exact) mass is 560 g/mol. The van der Waals surface area contributed by atoms with Crippen LogP contribution in [-0.2, 0) is 16.7 Å². The summed E-state index contributed by atoms with van der Waals surface area (Å²) in [5.41, 5.74) is 4.76. The van der Waals surface area contributed by atoms with Crippen LogP contribution in [0.25, 0.3) is 22.3 Å². The molecule has 0 atom stereocenters. The van der Waals surface area contributed by atoms with Gasteiger partial charge in [0.25, 0.3) is 0 Å². The van der Waals surface area contributed by atoms with Gasteiger partial charge in [-0.05, 0) is 78.3 Å². The number of methoxy groups -OCH3 is 1. The molecule has 0 amide bonds. The highest BCUT2D eigenvalue weighted by Gasteiger charge is 2.26. The van der Waals surface area contributed by atoms with Crippen molar-refractivity contribution < 1.29 is 31.9 Å². The Hall–Kier alpha value is -4.17. The highest BCUT2D eigenvalue weighted by molar-refractivity contribution is 7.86. The first-order chi connectivity index (χ1) is 19.2. The topological polar surface area (TPSA) is 91.3 Å². The van der Waals surface area contributed by atoms with Crippen molar-refractivity contribution in [3.05, 3.63) is 90.0 Å². The minimum absolute atomic E-state index is 0.0344. The highest BCUT2D eigenvalue weighted by Crippen LogP contribution is 2.48. The molecule has 0 spiro atoms. The fraction of sp³-hybridized carbons (Fsp3) is 0.250. The molecule has 1 saturated carbocycles. The van der Waals surface area contributed by atoms with E-state index in [1.165, 1.54) is 0 Å². The van der Waals surface area contributed by atoms with Gasteiger partial charge in [-0.1, -0.05) is 48.5 Å². The quantitative estimate of drug-likeness (QED) is 0.203. The van der Waals surface area contributed by atoms with Crippen molar-refractivity contribution in [1.82, 2.24) is 0 Å². The van der Waals surface area contributed by atoms with Crippen LogP contribution in [0.1, 0.15) is 24.0 Å². The molecule has 4 aromatic carbocycles. The van der Waals surface area contributed by atoms with E-state index in [-0.39, 0.29) is 11.5 Å². The predicted octanol–water partition coefficient (Wildman–Crippen LogP) is 6.75. The molecule has 40 heavy (non-hydrogen) atoms. The van der Waals surface area contributed by atoms with Crippen LogP contribution in [-0.4, -0.2) is 33.5 Å². The van der Waals surface area contributed by atoms with Crippen molar-refractivity contribution in [2.24, 2.45) is 5.92 Å². The minimum atomic E-state index is -3.63. The molecule has 5 rings (SSSR count). The van der Waals surface area contributed by atoms with Gasteiger partial charge in [0.05, 0.1) is 20.0 Å². The Balaban J connectivity index is 1.50. The molecule has 0 saturated heterocycles. The summed E-state index contributed by atoms with van der Waals surface area (Å²) in [6, 6.07) is 24.1. The number of phenolic OH excluding ortho intramolecular Hbond substituents is 1. The second-order valence-electron chi connectivity index (χ2n) is 10.00. The van der Waals surface area contributed by atoms with Crippen molar-refractivity contribution in [3.63, 3.8) is 0 Å².